The third-order valence-corrected chi connectivity index (χ3v) is 5.83. The van der Waals surface area contributed by atoms with Gasteiger partial charge in [-0.15, -0.1) is 0 Å². The Morgan fingerprint density at radius 2 is 1.64 bits per heavy atom. The number of nitrogens with one attached hydrogen (secondary N) is 1. The summed E-state index contributed by atoms with van der Waals surface area (Å²) in [5, 5.41) is 0. The lowest BCUT2D eigenvalue weighted by atomic mass is 10.1. The number of benzene rings is 2. The summed E-state index contributed by atoms with van der Waals surface area (Å²) in [6.07, 6.45) is 3.14. The van der Waals surface area contributed by atoms with Crippen molar-refractivity contribution in [3.8, 4) is 22.8 Å². The van der Waals surface area contributed by atoms with Gasteiger partial charge in [-0.2, -0.15) is 0 Å². The molecule has 0 saturated heterocycles. The van der Waals surface area contributed by atoms with Crippen molar-refractivity contribution in [2.45, 2.75) is 4.90 Å². The fourth-order valence-electron chi connectivity index (χ4n) is 3.35. The molecule has 6 nitrogen and oxygen atoms in total. The normalized spacial score (nSPS) is 12.0. The Balaban J connectivity index is 1.76. The average Bonchev–Trinajstić information content (AvgIpc) is 3.28. The second-order valence-electron chi connectivity index (χ2n) is 6.64. The molecule has 28 heavy (non-hydrogen) atoms. The number of hydrogen-bond donors (Lipinski definition) is 1. The van der Waals surface area contributed by atoms with Crippen LogP contribution in [-0.2, 0) is 9.84 Å². The SMILES string of the molecule is CS(=O)(=O)c1ccc(-c2nc3ccccn3c2-c2nc3ccccc3[nH]2)cc1. The molecule has 5 rings (SSSR count). The Kier molecular flexibility index (Phi) is 3.60. The first-order valence-electron chi connectivity index (χ1n) is 8.73. The highest BCUT2D eigenvalue weighted by Gasteiger charge is 2.19. The zero-order valence-electron chi connectivity index (χ0n) is 15.0. The summed E-state index contributed by atoms with van der Waals surface area (Å²) in [6.45, 7) is 0. The number of para-hydroxylation sites is 2. The fourth-order valence-corrected chi connectivity index (χ4v) is 3.98. The molecule has 0 unspecified atom stereocenters. The molecular weight excluding hydrogens is 372 g/mol. The van der Waals surface area contributed by atoms with Gasteiger partial charge in [0, 0.05) is 18.0 Å². The van der Waals surface area contributed by atoms with Crippen LogP contribution in [0.25, 0.3) is 39.5 Å². The molecule has 138 valence electrons. The molecule has 0 radical (unpaired) electrons. The maximum atomic E-state index is 11.8. The third-order valence-electron chi connectivity index (χ3n) is 4.70. The number of aromatic amines is 1. The van der Waals surface area contributed by atoms with Gasteiger partial charge in [0.15, 0.2) is 15.7 Å². The highest BCUT2D eigenvalue weighted by molar-refractivity contribution is 7.90. The number of fused-ring (bicyclic) bond motifs is 2. The molecule has 0 aliphatic carbocycles. The van der Waals surface area contributed by atoms with Crippen LogP contribution in [0.5, 0.6) is 0 Å². The summed E-state index contributed by atoms with van der Waals surface area (Å²) >= 11 is 0. The number of H-pyrrole nitrogens is 1. The number of aromatic nitrogens is 4. The number of nitrogens with zero attached hydrogens (tertiary/aromatic N) is 3. The fraction of sp³-hybridized carbons (Fsp3) is 0.0476. The zero-order valence-corrected chi connectivity index (χ0v) is 15.8. The van der Waals surface area contributed by atoms with E-state index in [1.54, 1.807) is 24.3 Å². The van der Waals surface area contributed by atoms with Gasteiger partial charge in [-0.1, -0.05) is 30.3 Å². The molecule has 7 heteroatoms. The second-order valence-corrected chi connectivity index (χ2v) is 8.65. The van der Waals surface area contributed by atoms with E-state index in [0.717, 1.165) is 33.6 Å². The minimum Gasteiger partial charge on any atom is -0.337 e. The molecule has 0 saturated carbocycles. The van der Waals surface area contributed by atoms with Gasteiger partial charge >= 0.3 is 0 Å². The first-order chi connectivity index (χ1) is 13.5. The van der Waals surface area contributed by atoms with Crippen molar-refractivity contribution in [2.75, 3.05) is 6.26 Å². The molecule has 0 atom stereocenters. The molecule has 0 aliphatic rings. The zero-order chi connectivity index (χ0) is 19.3. The first-order valence-corrected chi connectivity index (χ1v) is 10.6. The molecule has 0 amide bonds. The topological polar surface area (TPSA) is 80.1 Å². The van der Waals surface area contributed by atoms with Gasteiger partial charge in [0.1, 0.15) is 17.0 Å². The summed E-state index contributed by atoms with van der Waals surface area (Å²) in [6, 6.07) is 20.4. The van der Waals surface area contributed by atoms with Crippen molar-refractivity contribution in [3.05, 3.63) is 72.9 Å². The summed E-state index contributed by atoms with van der Waals surface area (Å²) in [4.78, 5) is 13.2. The summed E-state index contributed by atoms with van der Waals surface area (Å²) in [7, 11) is -3.25. The van der Waals surface area contributed by atoms with Crippen LogP contribution in [0.4, 0.5) is 0 Å². The number of imidazole rings is 2. The Labute approximate surface area is 161 Å². The Morgan fingerprint density at radius 1 is 0.893 bits per heavy atom. The molecule has 3 aromatic heterocycles. The van der Waals surface area contributed by atoms with Crippen molar-refractivity contribution in [3.63, 3.8) is 0 Å². The van der Waals surface area contributed by atoms with Crippen molar-refractivity contribution < 1.29 is 8.42 Å². The van der Waals surface area contributed by atoms with E-state index in [0.29, 0.717) is 5.82 Å². The lowest BCUT2D eigenvalue weighted by Gasteiger charge is -2.04. The van der Waals surface area contributed by atoms with E-state index in [4.69, 9.17) is 9.97 Å². The summed E-state index contributed by atoms with van der Waals surface area (Å²) < 4.78 is 25.5. The van der Waals surface area contributed by atoms with Crippen molar-refractivity contribution >= 4 is 26.5 Å². The van der Waals surface area contributed by atoms with Crippen molar-refractivity contribution in [1.82, 2.24) is 19.4 Å². The predicted octanol–water partition coefficient (Wildman–Crippen LogP) is 3.95. The second kappa shape index (κ2) is 6.03. The van der Waals surface area contributed by atoms with Gasteiger partial charge in [0.2, 0.25) is 0 Å². The largest absolute Gasteiger partial charge is 0.337 e. The van der Waals surface area contributed by atoms with Gasteiger partial charge < -0.3 is 4.98 Å². The van der Waals surface area contributed by atoms with Crippen LogP contribution in [0.3, 0.4) is 0 Å². The van der Waals surface area contributed by atoms with Gasteiger partial charge in [-0.25, -0.2) is 18.4 Å². The molecule has 0 bridgehead atoms. The van der Waals surface area contributed by atoms with Crippen LogP contribution in [0.2, 0.25) is 0 Å². The average molecular weight is 388 g/mol. The maximum Gasteiger partial charge on any atom is 0.175 e. The lowest BCUT2D eigenvalue weighted by Crippen LogP contribution is -1.96. The highest BCUT2D eigenvalue weighted by atomic mass is 32.2. The third kappa shape index (κ3) is 2.68. The standard InChI is InChI=1S/C21H16N4O2S/c1-28(26,27)15-11-9-14(10-12-15)19-20(25-13-5-4-8-18(25)24-19)21-22-16-6-2-3-7-17(16)23-21/h2-13H,1H3,(H,22,23). The number of sulfone groups is 1. The van der Waals surface area contributed by atoms with Crippen molar-refractivity contribution in [2.24, 2.45) is 0 Å². The maximum absolute atomic E-state index is 11.8. The van der Waals surface area contributed by atoms with Gasteiger partial charge in [-0.05, 0) is 36.4 Å². The Morgan fingerprint density at radius 3 is 2.39 bits per heavy atom. The van der Waals surface area contributed by atoms with Crippen molar-refractivity contribution in [1.29, 1.82) is 0 Å². The minimum atomic E-state index is -3.25. The van der Waals surface area contributed by atoms with Crippen LogP contribution in [-0.4, -0.2) is 34.0 Å². The Bertz CT molecular complexity index is 1400. The van der Waals surface area contributed by atoms with E-state index < -0.39 is 9.84 Å². The number of pyridine rings is 1. The smallest absolute Gasteiger partial charge is 0.175 e. The lowest BCUT2D eigenvalue weighted by molar-refractivity contribution is 0.602. The van der Waals surface area contributed by atoms with Gasteiger partial charge in [0.25, 0.3) is 0 Å². The van der Waals surface area contributed by atoms with Gasteiger partial charge in [-0.3, -0.25) is 4.40 Å². The van der Waals surface area contributed by atoms with Gasteiger partial charge in [0.05, 0.1) is 15.9 Å². The quantitative estimate of drug-likeness (QED) is 0.507. The molecule has 0 aliphatic heterocycles. The van der Waals surface area contributed by atoms with Crippen LogP contribution in [0, 0.1) is 0 Å². The molecule has 3 heterocycles. The monoisotopic (exact) mass is 388 g/mol. The molecule has 5 aromatic rings. The Hall–Kier alpha value is -3.45. The van der Waals surface area contributed by atoms with Crippen LogP contribution < -0.4 is 0 Å². The highest BCUT2D eigenvalue weighted by Crippen LogP contribution is 2.32. The summed E-state index contributed by atoms with van der Waals surface area (Å²) in [5.41, 5.74) is 5.01. The molecule has 0 spiro atoms. The van der Waals surface area contributed by atoms with E-state index in [1.807, 2.05) is 53.1 Å². The number of rotatable bonds is 3. The van der Waals surface area contributed by atoms with Crippen LogP contribution >= 0.6 is 0 Å². The minimum absolute atomic E-state index is 0.283. The molecule has 0 fully saturated rings. The molecular formula is C21H16N4O2S. The molecule has 1 N–H and O–H groups in total. The van der Waals surface area contributed by atoms with Crippen LogP contribution in [0.15, 0.2) is 77.8 Å². The van der Waals surface area contributed by atoms with E-state index >= 15 is 0 Å². The van der Waals surface area contributed by atoms with E-state index in [2.05, 4.69) is 4.98 Å². The van der Waals surface area contributed by atoms with E-state index in [9.17, 15) is 8.42 Å². The summed E-state index contributed by atoms with van der Waals surface area (Å²) in [5.74, 6) is 0.710. The predicted molar refractivity (Wildman–Crippen MR) is 109 cm³/mol. The van der Waals surface area contributed by atoms with E-state index in [-0.39, 0.29) is 4.90 Å². The molecule has 2 aromatic carbocycles. The van der Waals surface area contributed by atoms with E-state index in [1.165, 1.54) is 6.26 Å². The van der Waals surface area contributed by atoms with Crippen LogP contribution in [0.1, 0.15) is 0 Å². The number of hydrogen-bond acceptors (Lipinski definition) is 4. The first kappa shape index (κ1) is 16.7.